The molecule has 11 heteroatoms. The summed E-state index contributed by atoms with van der Waals surface area (Å²) in [6, 6.07) is 0. The van der Waals surface area contributed by atoms with Crippen LogP contribution in [0.5, 0.6) is 0 Å². The Labute approximate surface area is 164 Å². The van der Waals surface area contributed by atoms with E-state index >= 15 is 0 Å². The van der Waals surface area contributed by atoms with Crippen LogP contribution in [0.15, 0.2) is 0 Å². The van der Waals surface area contributed by atoms with Gasteiger partial charge in [0, 0.05) is 7.26 Å². The largest absolute Gasteiger partial charge is 0.512 e. The van der Waals surface area contributed by atoms with E-state index in [9.17, 15) is 30.0 Å². The maximum absolute atomic E-state index is 11.4. The van der Waals surface area contributed by atoms with Crippen LogP contribution in [0.3, 0.4) is 0 Å². The molecule has 0 spiro atoms. The van der Waals surface area contributed by atoms with E-state index in [1.807, 2.05) is 0 Å². The number of alkyl halides is 3. The van der Waals surface area contributed by atoms with Crippen LogP contribution < -0.4 is 4.13 Å². The van der Waals surface area contributed by atoms with E-state index in [0.717, 1.165) is 0 Å². The molecule has 0 fully saturated rings. The average molecular weight is 459 g/mol. The fourth-order valence-corrected chi connectivity index (χ4v) is 9.09. The van der Waals surface area contributed by atoms with E-state index in [1.54, 1.807) is 18.5 Å². The Hall–Kier alpha value is 0.0800. The summed E-state index contributed by atoms with van der Waals surface area (Å²) in [6.07, 6.45) is 15.2. The summed E-state index contributed by atoms with van der Waals surface area (Å²) < 4.78 is 75.1. The van der Waals surface area contributed by atoms with E-state index in [0.29, 0.717) is 10.4 Å². The molecule has 5 nitrogen and oxygen atoms in total. The molecule has 0 amide bonds. The van der Waals surface area contributed by atoms with Gasteiger partial charge in [0.05, 0.1) is 30.9 Å². The van der Waals surface area contributed by atoms with Gasteiger partial charge in [0.25, 0.3) is 0 Å². The standard InChI is InChI=1S/C14H32P.C2H4F3NO4S2/c1-5-9-12-15(8-4,13-10-6-2)14-11-7-3;1-11(7,8)6-12(9,10)2(3,4)5/h5-14H2,1-4H3;6H,1H3/q+1;. The molecule has 0 heterocycles. The fraction of sp³-hybridized carbons (Fsp3) is 1.00. The number of unbranched alkanes of at least 4 members (excludes halogenated alkanes) is 3. The normalized spacial score (nSPS) is 13.2. The molecule has 0 bridgehead atoms. The number of halogens is 3. The lowest BCUT2D eigenvalue weighted by molar-refractivity contribution is -0.0441. The van der Waals surface area contributed by atoms with Gasteiger partial charge in [-0.2, -0.15) is 13.2 Å². The van der Waals surface area contributed by atoms with Crippen molar-refractivity contribution in [2.75, 3.05) is 30.9 Å². The summed E-state index contributed by atoms with van der Waals surface area (Å²) in [5.41, 5.74) is -5.62. The Morgan fingerprint density at radius 1 is 0.778 bits per heavy atom. The highest BCUT2D eigenvalue weighted by Gasteiger charge is 2.47. The average Bonchev–Trinajstić information content (AvgIpc) is 2.52. The molecule has 0 rings (SSSR count). The van der Waals surface area contributed by atoms with Crippen molar-refractivity contribution in [2.24, 2.45) is 0 Å². The highest BCUT2D eigenvalue weighted by molar-refractivity contribution is 8.04. The zero-order chi connectivity index (χ0) is 21.8. The lowest BCUT2D eigenvalue weighted by atomic mass is 10.4. The molecular formula is C16H36F3NO4PS2+. The summed E-state index contributed by atoms with van der Waals surface area (Å²) in [7, 11) is -10.7. The Bertz CT molecular complexity index is 572. The van der Waals surface area contributed by atoms with E-state index in [1.165, 1.54) is 44.7 Å². The van der Waals surface area contributed by atoms with Crippen molar-refractivity contribution in [3.05, 3.63) is 0 Å². The van der Waals surface area contributed by atoms with Crippen molar-refractivity contribution in [2.45, 2.75) is 71.7 Å². The Morgan fingerprint density at radius 2 is 1.11 bits per heavy atom. The second-order valence-corrected chi connectivity index (χ2v) is 15.0. The van der Waals surface area contributed by atoms with Gasteiger partial charge in [0.1, 0.15) is 0 Å². The lowest BCUT2D eigenvalue weighted by Gasteiger charge is -2.26. The Balaban J connectivity index is 0. The van der Waals surface area contributed by atoms with Crippen LogP contribution in [-0.4, -0.2) is 53.2 Å². The molecule has 0 atom stereocenters. The molecule has 0 aliphatic carbocycles. The fourth-order valence-electron chi connectivity index (χ4n) is 2.54. The van der Waals surface area contributed by atoms with E-state index in [2.05, 4.69) is 27.7 Å². The topological polar surface area (TPSA) is 80.3 Å². The molecule has 0 unspecified atom stereocenters. The minimum atomic E-state index is -5.79. The van der Waals surface area contributed by atoms with Gasteiger partial charge in [-0.05, 0) is 26.2 Å². The van der Waals surface area contributed by atoms with Crippen LogP contribution in [0.4, 0.5) is 13.2 Å². The molecule has 27 heavy (non-hydrogen) atoms. The molecule has 166 valence electrons. The van der Waals surface area contributed by atoms with Gasteiger partial charge >= 0.3 is 15.5 Å². The van der Waals surface area contributed by atoms with Crippen molar-refractivity contribution in [1.82, 2.24) is 4.13 Å². The zero-order valence-corrected chi connectivity index (χ0v) is 19.6. The zero-order valence-electron chi connectivity index (χ0n) is 17.1. The predicted molar refractivity (Wildman–Crippen MR) is 110 cm³/mol. The molecule has 0 aliphatic heterocycles. The van der Waals surface area contributed by atoms with Gasteiger partial charge in [-0.3, -0.25) is 0 Å². The van der Waals surface area contributed by atoms with Crippen LogP contribution >= 0.6 is 7.26 Å². The molecule has 0 aromatic heterocycles. The Kier molecular flexibility index (Phi) is 14.5. The van der Waals surface area contributed by atoms with Crippen molar-refractivity contribution in [1.29, 1.82) is 0 Å². The van der Waals surface area contributed by atoms with Crippen LogP contribution in [0.25, 0.3) is 0 Å². The quantitative estimate of drug-likeness (QED) is 0.426. The summed E-state index contributed by atoms with van der Waals surface area (Å²) in [6.45, 7) is 9.46. The molecule has 0 saturated carbocycles. The summed E-state index contributed by atoms with van der Waals surface area (Å²) >= 11 is 0. The molecule has 0 aromatic rings. The van der Waals surface area contributed by atoms with Crippen molar-refractivity contribution in [3.63, 3.8) is 0 Å². The van der Waals surface area contributed by atoms with E-state index in [-0.39, 0.29) is 0 Å². The molecule has 0 aliphatic rings. The summed E-state index contributed by atoms with van der Waals surface area (Å²) in [5, 5.41) is 0. The lowest BCUT2D eigenvalue weighted by Crippen LogP contribution is -2.39. The number of rotatable bonds is 12. The van der Waals surface area contributed by atoms with Gasteiger partial charge in [0.15, 0.2) is 0 Å². The predicted octanol–water partition coefficient (Wildman–Crippen LogP) is 4.81. The first kappa shape index (κ1) is 29.3. The van der Waals surface area contributed by atoms with Crippen molar-refractivity contribution in [3.8, 4) is 0 Å². The third kappa shape index (κ3) is 13.8. The molecule has 0 saturated heterocycles. The van der Waals surface area contributed by atoms with E-state index < -0.39 is 32.8 Å². The monoisotopic (exact) mass is 458 g/mol. The first-order valence-corrected chi connectivity index (χ1v) is 15.3. The van der Waals surface area contributed by atoms with Crippen LogP contribution in [-0.2, 0) is 20.0 Å². The molecule has 0 radical (unpaired) electrons. The smallest absolute Gasteiger partial charge is 0.212 e. The van der Waals surface area contributed by atoms with Gasteiger partial charge in [0.2, 0.25) is 10.0 Å². The summed E-state index contributed by atoms with van der Waals surface area (Å²) in [5.74, 6) is 0. The van der Waals surface area contributed by atoms with Gasteiger partial charge in [-0.25, -0.2) is 16.8 Å². The third-order valence-corrected chi connectivity index (χ3v) is 12.0. The Morgan fingerprint density at radius 3 is 1.26 bits per heavy atom. The van der Waals surface area contributed by atoms with Crippen LogP contribution in [0.1, 0.15) is 66.2 Å². The number of hydrogen-bond donors (Lipinski definition) is 1. The first-order chi connectivity index (χ1) is 12.2. The molecule has 0 aromatic carbocycles. The number of sulfonamides is 2. The van der Waals surface area contributed by atoms with Gasteiger partial charge < -0.3 is 0 Å². The van der Waals surface area contributed by atoms with Gasteiger partial charge in [-0.1, -0.05) is 40.0 Å². The SMILES string of the molecule is CCCC[P+](CC)(CCCC)CCCC.CS(=O)(=O)NS(=O)(=O)C(F)(F)F. The number of nitrogens with one attached hydrogen (secondary N) is 1. The maximum atomic E-state index is 11.4. The van der Waals surface area contributed by atoms with Crippen LogP contribution in [0, 0.1) is 0 Å². The second-order valence-electron chi connectivity index (χ2n) is 6.69. The highest BCUT2D eigenvalue weighted by Crippen LogP contribution is 2.60. The second kappa shape index (κ2) is 13.3. The molecule has 1 N–H and O–H groups in total. The molecular weight excluding hydrogens is 422 g/mol. The minimum absolute atomic E-state index is 0.302. The van der Waals surface area contributed by atoms with Crippen molar-refractivity contribution < 1.29 is 30.0 Å². The van der Waals surface area contributed by atoms with E-state index in [4.69, 9.17) is 0 Å². The minimum Gasteiger partial charge on any atom is -0.212 e. The van der Waals surface area contributed by atoms with Crippen molar-refractivity contribution >= 4 is 27.3 Å². The maximum Gasteiger partial charge on any atom is 0.512 e. The van der Waals surface area contributed by atoms with Crippen LogP contribution in [0.2, 0.25) is 0 Å². The highest BCUT2D eigenvalue weighted by atomic mass is 32.3. The summed E-state index contributed by atoms with van der Waals surface area (Å²) in [4.78, 5) is 0. The number of hydrogen-bond acceptors (Lipinski definition) is 4. The first-order valence-electron chi connectivity index (χ1n) is 9.35. The van der Waals surface area contributed by atoms with Gasteiger partial charge in [-0.15, -0.1) is 4.13 Å². The third-order valence-electron chi connectivity index (χ3n) is 4.19.